The van der Waals surface area contributed by atoms with E-state index < -0.39 is 5.60 Å². The van der Waals surface area contributed by atoms with Gasteiger partial charge in [0.05, 0.1) is 5.60 Å². The van der Waals surface area contributed by atoms with Crippen molar-refractivity contribution in [2.24, 2.45) is 0 Å². The summed E-state index contributed by atoms with van der Waals surface area (Å²) in [5, 5.41) is 18.3. The van der Waals surface area contributed by atoms with Crippen molar-refractivity contribution >= 4 is 0 Å². The van der Waals surface area contributed by atoms with Crippen molar-refractivity contribution in [3.63, 3.8) is 0 Å². The first-order valence-corrected chi connectivity index (χ1v) is 2.13. The zero-order valence-electron chi connectivity index (χ0n) is 4.56. The van der Waals surface area contributed by atoms with Crippen molar-refractivity contribution in [2.75, 3.05) is 6.54 Å². The monoisotopic (exact) mass is 104 g/mol. The molecule has 3 heteroatoms. The minimum absolute atomic E-state index is 0.0903. The van der Waals surface area contributed by atoms with Gasteiger partial charge in [-0.05, 0) is 13.8 Å². The van der Waals surface area contributed by atoms with Gasteiger partial charge in [0.1, 0.15) is 0 Å². The molecule has 7 heavy (non-hydrogen) atoms. The average Bonchev–Trinajstić information content (AvgIpc) is 1.30. The van der Waals surface area contributed by atoms with Crippen molar-refractivity contribution in [1.82, 2.24) is 5.48 Å². The Morgan fingerprint density at radius 2 is 2.14 bits per heavy atom. The molecule has 0 atom stereocenters. The molecule has 0 saturated heterocycles. The first-order chi connectivity index (χ1) is 3.06. The first kappa shape index (κ1) is 6.88. The summed E-state index contributed by atoms with van der Waals surface area (Å²) in [6, 6.07) is 0. The predicted molar refractivity (Wildman–Crippen MR) is 27.7 cm³/mol. The number of rotatable bonds is 2. The largest absolute Gasteiger partial charge is 0.788 e. The molecule has 2 N–H and O–H groups in total. The number of hydrogen-bond acceptors (Lipinski definition) is 3. The van der Waals surface area contributed by atoms with Gasteiger partial charge < -0.3 is 15.8 Å². The lowest BCUT2D eigenvalue weighted by Gasteiger charge is -2.19. The molecule has 0 amide bonds. The van der Waals surface area contributed by atoms with Crippen LogP contribution in [0.4, 0.5) is 0 Å². The lowest BCUT2D eigenvalue weighted by Crippen LogP contribution is -2.31. The van der Waals surface area contributed by atoms with Gasteiger partial charge in [-0.1, -0.05) is 0 Å². The van der Waals surface area contributed by atoms with E-state index in [2.05, 4.69) is 0 Å². The number of hydroxylamine groups is 1. The Balaban J connectivity index is 3.15. The summed E-state index contributed by atoms with van der Waals surface area (Å²) in [5.74, 6) is 0. The zero-order chi connectivity index (χ0) is 5.91. The Bertz CT molecular complexity index is 48.1. The summed E-state index contributed by atoms with van der Waals surface area (Å²) in [6.45, 7) is 3.22. The van der Waals surface area contributed by atoms with E-state index in [0.29, 0.717) is 0 Å². The molecule has 0 radical (unpaired) electrons. The summed E-state index contributed by atoms with van der Waals surface area (Å²) in [4.78, 5) is 0. The molecule has 0 aromatic rings. The maximum atomic E-state index is 9.54. The third kappa shape index (κ3) is 5.88. The second-order valence-corrected chi connectivity index (χ2v) is 2.13. The molecule has 0 aromatic carbocycles. The van der Waals surface area contributed by atoms with Crippen LogP contribution < -0.4 is 5.48 Å². The summed E-state index contributed by atoms with van der Waals surface area (Å²) in [7, 11) is 0. The molecule has 0 aliphatic rings. The molecular formula is C4H10NO2-. The lowest BCUT2D eigenvalue weighted by molar-refractivity contribution is 0.0836. The van der Waals surface area contributed by atoms with E-state index in [-0.39, 0.29) is 6.54 Å². The van der Waals surface area contributed by atoms with Crippen LogP contribution in [0.15, 0.2) is 0 Å². The highest BCUT2D eigenvalue weighted by Gasteiger charge is 2.07. The SMILES string of the molecule is CC(C)(O)CN[O-]. The summed E-state index contributed by atoms with van der Waals surface area (Å²) in [5.41, 5.74) is 0.734. The maximum absolute atomic E-state index is 9.54. The predicted octanol–water partition coefficient (Wildman–Crippen LogP) is -0.155. The molecule has 0 bridgehead atoms. The van der Waals surface area contributed by atoms with E-state index in [1.807, 2.05) is 0 Å². The van der Waals surface area contributed by atoms with Gasteiger partial charge in [-0.15, -0.1) is 0 Å². The number of nitrogens with one attached hydrogen (secondary N) is 1. The van der Waals surface area contributed by atoms with Crippen LogP contribution in [-0.2, 0) is 0 Å². The zero-order valence-corrected chi connectivity index (χ0v) is 4.56. The van der Waals surface area contributed by atoms with Crippen LogP contribution in [-0.4, -0.2) is 17.3 Å². The highest BCUT2D eigenvalue weighted by molar-refractivity contribution is 4.67. The van der Waals surface area contributed by atoms with Crippen LogP contribution in [0.2, 0.25) is 0 Å². The van der Waals surface area contributed by atoms with Crippen molar-refractivity contribution in [3.05, 3.63) is 5.21 Å². The van der Waals surface area contributed by atoms with Crippen molar-refractivity contribution in [2.45, 2.75) is 19.4 Å². The van der Waals surface area contributed by atoms with Gasteiger partial charge in [-0.3, -0.25) is 0 Å². The molecule has 3 nitrogen and oxygen atoms in total. The van der Waals surface area contributed by atoms with E-state index in [0.717, 1.165) is 0 Å². The van der Waals surface area contributed by atoms with Crippen LogP contribution in [0.25, 0.3) is 0 Å². The fourth-order valence-corrected chi connectivity index (χ4v) is 0.177. The Morgan fingerprint density at radius 3 is 2.14 bits per heavy atom. The topological polar surface area (TPSA) is 55.3 Å². The maximum Gasteiger partial charge on any atom is 0.0706 e. The Hall–Kier alpha value is -0.120. The summed E-state index contributed by atoms with van der Waals surface area (Å²) in [6.07, 6.45) is 0. The molecule has 44 valence electrons. The smallest absolute Gasteiger partial charge is 0.0706 e. The van der Waals surface area contributed by atoms with Crippen LogP contribution in [0.1, 0.15) is 13.8 Å². The minimum Gasteiger partial charge on any atom is -0.788 e. The van der Waals surface area contributed by atoms with Crippen LogP contribution in [0.3, 0.4) is 0 Å². The standard InChI is InChI=1S/C4H10NO2/c1-4(2,6)3-5-7/h5-6H,3H2,1-2H3/q-1. The summed E-state index contributed by atoms with van der Waals surface area (Å²) < 4.78 is 0. The van der Waals surface area contributed by atoms with Gasteiger partial charge in [0.15, 0.2) is 0 Å². The first-order valence-electron chi connectivity index (χ1n) is 2.13. The fourth-order valence-electron chi connectivity index (χ4n) is 0.177. The fraction of sp³-hybridized carbons (Fsp3) is 1.00. The third-order valence-corrected chi connectivity index (χ3v) is 0.505. The van der Waals surface area contributed by atoms with Gasteiger partial charge in [0, 0.05) is 6.54 Å². The second-order valence-electron chi connectivity index (χ2n) is 2.13. The number of aliphatic hydroxyl groups is 1. The van der Waals surface area contributed by atoms with Crippen molar-refractivity contribution in [3.8, 4) is 0 Å². The average molecular weight is 104 g/mol. The molecule has 0 rings (SSSR count). The molecule has 0 unspecified atom stereocenters. The number of hydrogen-bond donors (Lipinski definition) is 2. The van der Waals surface area contributed by atoms with E-state index in [4.69, 9.17) is 5.11 Å². The highest BCUT2D eigenvalue weighted by Crippen LogP contribution is 1.95. The molecule has 0 heterocycles. The van der Waals surface area contributed by atoms with Gasteiger partial charge in [-0.25, -0.2) is 0 Å². The van der Waals surface area contributed by atoms with Crippen LogP contribution >= 0.6 is 0 Å². The normalized spacial score (nSPS) is 12.0. The molecule has 0 aromatic heterocycles. The minimum atomic E-state index is -0.873. The van der Waals surface area contributed by atoms with E-state index in [9.17, 15) is 5.21 Å². The van der Waals surface area contributed by atoms with Crippen molar-refractivity contribution in [1.29, 1.82) is 0 Å². The third-order valence-electron chi connectivity index (χ3n) is 0.505. The molecule has 0 spiro atoms. The van der Waals surface area contributed by atoms with Gasteiger partial charge in [0.2, 0.25) is 0 Å². The Labute approximate surface area is 42.9 Å². The molecule has 0 fully saturated rings. The molecular weight excluding hydrogens is 94.0 g/mol. The van der Waals surface area contributed by atoms with Crippen molar-refractivity contribution < 1.29 is 5.11 Å². The molecule has 0 saturated carbocycles. The lowest BCUT2D eigenvalue weighted by atomic mass is 10.1. The Kier molecular flexibility index (Phi) is 2.22. The molecule has 0 aliphatic carbocycles. The van der Waals surface area contributed by atoms with E-state index in [1.54, 1.807) is 19.3 Å². The van der Waals surface area contributed by atoms with E-state index in [1.165, 1.54) is 0 Å². The quantitative estimate of drug-likeness (QED) is 0.479. The second kappa shape index (κ2) is 2.26. The van der Waals surface area contributed by atoms with E-state index >= 15 is 0 Å². The summed E-state index contributed by atoms with van der Waals surface area (Å²) >= 11 is 0. The molecule has 0 aliphatic heterocycles. The van der Waals surface area contributed by atoms with Gasteiger partial charge in [-0.2, -0.15) is 0 Å². The van der Waals surface area contributed by atoms with Gasteiger partial charge in [0.25, 0.3) is 0 Å². The highest BCUT2D eigenvalue weighted by atomic mass is 16.5. The van der Waals surface area contributed by atoms with Gasteiger partial charge >= 0.3 is 0 Å². The Morgan fingerprint density at radius 1 is 1.71 bits per heavy atom. The van der Waals surface area contributed by atoms with Crippen LogP contribution in [0, 0.1) is 5.21 Å². The van der Waals surface area contributed by atoms with Crippen LogP contribution in [0.5, 0.6) is 0 Å².